The number of hydrogen-bond donors (Lipinski definition) is 3. The van der Waals surface area contributed by atoms with Crippen molar-refractivity contribution >= 4 is 34.7 Å². The van der Waals surface area contributed by atoms with Gasteiger partial charge in [0.05, 0.1) is 11.5 Å². The van der Waals surface area contributed by atoms with Gasteiger partial charge in [0.15, 0.2) is 5.82 Å². The fourth-order valence-corrected chi connectivity index (χ4v) is 7.80. The van der Waals surface area contributed by atoms with E-state index in [-0.39, 0.29) is 24.2 Å². The zero-order valence-corrected chi connectivity index (χ0v) is 34.0. The van der Waals surface area contributed by atoms with Crippen LogP contribution in [0.2, 0.25) is 0 Å². The predicted molar refractivity (Wildman–Crippen MR) is 227 cm³/mol. The molecule has 0 radical (unpaired) electrons. The average Bonchev–Trinajstić information content (AvgIpc) is 3.88. The van der Waals surface area contributed by atoms with Crippen molar-refractivity contribution in [1.29, 1.82) is 0 Å². The quantitative estimate of drug-likeness (QED) is 0.0755. The molecule has 296 valence electrons. The van der Waals surface area contributed by atoms with Crippen LogP contribution in [0.1, 0.15) is 97.5 Å². The van der Waals surface area contributed by atoms with Crippen LogP contribution in [0.15, 0.2) is 103 Å². The highest BCUT2D eigenvalue weighted by Crippen LogP contribution is 2.32. The van der Waals surface area contributed by atoms with Gasteiger partial charge < -0.3 is 20.5 Å². The lowest BCUT2D eigenvalue weighted by molar-refractivity contribution is -0.141. The summed E-state index contributed by atoms with van der Waals surface area (Å²) in [5.41, 5.74) is 6.32. The van der Waals surface area contributed by atoms with Crippen molar-refractivity contribution < 1.29 is 24.2 Å². The van der Waals surface area contributed by atoms with Crippen molar-refractivity contribution in [3.05, 3.63) is 130 Å². The number of hydrogen-bond acceptors (Lipinski definition) is 7. The number of nitrogens with one attached hydrogen (secondary N) is 2. The third-order valence-corrected chi connectivity index (χ3v) is 11.7. The minimum absolute atomic E-state index is 0.130. The lowest BCUT2D eigenvalue weighted by Crippen LogP contribution is -2.52. The Morgan fingerprint density at radius 2 is 1.49 bits per heavy atom. The van der Waals surface area contributed by atoms with Crippen LogP contribution in [-0.4, -0.2) is 51.5 Å². The lowest BCUT2D eigenvalue weighted by atomic mass is 9.95. The molecule has 2 heterocycles. The van der Waals surface area contributed by atoms with Gasteiger partial charge in [-0.15, -0.1) is 11.3 Å². The van der Waals surface area contributed by atoms with Crippen LogP contribution in [0, 0.1) is 0 Å². The fourth-order valence-electron chi connectivity index (χ4n) is 6.83. The molecule has 0 fully saturated rings. The van der Waals surface area contributed by atoms with E-state index in [0.717, 1.165) is 69.0 Å². The van der Waals surface area contributed by atoms with Gasteiger partial charge in [0, 0.05) is 41.2 Å². The standard InChI is InChI=1S/C47H52N4O5S/c1-5-6-7-8-11-26-56-37-22-20-32(21-23-37)36-29-48-43(49-30-36)34-16-14-31(15-17-34)27-39(50-45(53)41-24-25-42(57-41)47(2,3)4)44(52)51-40(46(54)55)28-35-19-18-33-12-9-10-13-38(33)35/h9-10,12-17,19-25,29-30,39-40H,5-8,11,18,26-28H2,1-4H3,(H,50,53)(H,51,52)(H,54,55)/t39?,40-/m0/s1. The van der Waals surface area contributed by atoms with E-state index in [4.69, 9.17) is 4.74 Å². The fraction of sp³-hybridized carbons (Fsp3) is 0.340. The monoisotopic (exact) mass is 784 g/mol. The van der Waals surface area contributed by atoms with Crippen molar-refractivity contribution in [2.45, 2.75) is 96.6 Å². The zero-order chi connectivity index (χ0) is 40.4. The Morgan fingerprint density at radius 1 is 0.789 bits per heavy atom. The smallest absolute Gasteiger partial charge is 0.326 e. The normalized spacial score (nSPS) is 13.3. The molecule has 0 aliphatic heterocycles. The first-order valence-electron chi connectivity index (χ1n) is 19.8. The van der Waals surface area contributed by atoms with Gasteiger partial charge in [-0.05, 0) is 70.3 Å². The van der Waals surface area contributed by atoms with Crippen molar-refractivity contribution in [1.82, 2.24) is 20.6 Å². The first-order chi connectivity index (χ1) is 27.5. The van der Waals surface area contributed by atoms with Crippen molar-refractivity contribution in [3.63, 3.8) is 0 Å². The molecule has 2 amide bonds. The number of amides is 2. The largest absolute Gasteiger partial charge is 0.494 e. The number of thiophene rings is 1. The first-order valence-corrected chi connectivity index (χ1v) is 20.7. The van der Waals surface area contributed by atoms with Gasteiger partial charge in [-0.3, -0.25) is 9.59 Å². The second-order valence-corrected chi connectivity index (χ2v) is 16.7. The van der Waals surface area contributed by atoms with E-state index in [1.807, 2.05) is 84.9 Å². The number of ether oxygens (including phenoxy) is 1. The highest BCUT2D eigenvalue weighted by atomic mass is 32.1. The van der Waals surface area contributed by atoms with Crippen LogP contribution in [0.5, 0.6) is 5.75 Å². The second kappa shape index (κ2) is 19.0. The summed E-state index contributed by atoms with van der Waals surface area (Å²) in [6, 6.07) is 24.8. The summed E-state index contributed by atoms with van der Waals surface area (Å²) < 4.78 is 5.91. The molecule has 0 saturated heterocycles. The molecule has 0 spiro atoms. The van der Waals surface area contributed by atoms with E-state index >= 15 is 0 Å². The number of nitrogens with zero attached hydrogens (tertiary/aromatic N) is 2. The van der Waals surface area contributed by atoms with Crippen LogP contribution in [0.4, 0.5) is 0 Å². The summed E-state index contributed by atoms with van der Waals surface area (Å²) >= 11 is 1.38. The molecule has 0 bridgehead atoms. The minimum atomic E-state index is -1.18. The van der Waals surface area contributed by atoms with E-state index < -0.39 is 24.0 Å². The highest BCUT2D eigenvalue weighted by molar-refractivity contribution is 7.14. The Morgan fingerprint density at radius 3 is 2.18 bits per heavy atom. The number of allylic oxidation sites excluding steroid dienone is 1. The molecular formula is C47H52N4O5S. The number of carboxylic acid groups (broad SMARTS) is 1. The average molecular weight is 785 g/mol. The maximum absolute atomic E-state index is 13.9. The number of carbonyl (C=O) groups excluding carboxylic acids is 2. The topological polar surface area (TPSA) is 131 Å². The molecule has 1 unspecified atom stereocenters. The molecule has 1 aliphatic carbocycles. The minimum Gasteiger partial charge on any atom is -0.494 e. The van der Waals surface area contributed by atoms with Gasteiger partial charge in [-0.1, -0.05) is 120 Å². The Labute approximate surface area is 339 Å². The molecule has 57 heavy (non-hydrogen) atoms. The SMILES string of the molecule is CCCCCCCOc1ccc(-c2cnc(-c3ccc(CC(NC(=O)c4ccc(C(C)(C)C)s4)C(=O)N[C@@H](CC4=CCc5ccccc54)C(=O)O)cc3)nc2)cc1. The van der Waals surface area contributed by atoms with Gasteiger partial charge in [-0.25, -0.2) is 14.8 Å². The summed E-state index contributed by atoms with van der Waals surface area (Å²) in [5.74, 6) is -0.700. The summed E-state index contributed by atoms with van der Waals surface area (Å²) in [4.78, 5) is 50.7. The molecule has 1 aliphatic rings. The number of aliphatic carboxylic acids is 1. The third-order valence-electron chi connectivity index (χ3n) is 10.2. The maximum atomic E-state index is 13.9. The Kier molecular flexibility index (Phi) is 13.7. The van der Waals surface area contributed by atoms with Gasteiger partial charge in [0.25, 0.3) is 5.91 Å². The summed E-state index contributed by atoms with van der Waals surface area (Å²) in [5, 5.41) is 15.8. The van der Waals surface area contributed by atoms with Gasteiger partial charge >= 0.3 is 5.97 Å². The molecule has 2 atom stereocenters. The Bertz CT molecular complexity index is 2170. The number of carboxylic acids is 1. The number of aromatic nitrogens is 2. The van der Waals surface area contributed by atoms with Gasteiger partial charge in [0.2, 0.25) is 5.91 Å². The zero-order valence-electron chi connectivity index (χ0n) is 33.2. The molecule has 10 heteroatoms. The maximum Gasteiger partial charge on any atom is 0.326 e. The van der Waals surface area contributed by atoms with Crippen LogP contribution in [0.3, 0.4) is 0 Å². The second-order valence-electron chi connectivity index (χ2n) is 15.6. The molecular weight excluding hydrogens is 733 g/mol. The molecule has 3 N–H and O–H groups in total. The van der Waals surface area contributed by atoms with Crippen LogP contribution in [-0.2, 0) is 27.8 Å². The molecule has 3 aromatic carbocycles. The van der Waals surface area contributed by atoms with Gasteiger partial charge in [-0.2, -0.15) is 0 Å². The molecule has 6 rings (SSSR count). The van der Waals surface area contributed by atoms with E-state index in [1.54, 1.807) is 18.5 Å². The number of carbonyl (C=O) groups is 3. The van der Waals surface area contributed by atoms with Crippen molar-refractivity contribution in [2.24, 2.45) is 0 Å². The van der Waals surface area contributed by atoms with E-state index in [1.165, 1.54) is 37.0 Å². The van der Waals surface area contributed by atoms with Crippen LogP contribution < -0.4 is 15.4 Å². The van der Waals surface area contributed by atoms with Crippen molar-refractivity contribution in [2.75, 3.05) is 6.61 Å². The highest BCUT2D eigenvalue weighted by Gasteiger charge is 2.30. The predicted octanol–water partition coefficient (Wildman–Crippen LogP) is 9.46. The summed E-state index contributed by atoms with van der Waals surface area (Å²) in [7, 11) is 0. The van der Waals surface area contributed by atoms with E-state index in [0.29, 0.717) is 10.7 Å². The third kappa shape index (κ3) is 11.0. The number of unbranched alkanes of at least 4 members (excludes halogenated alkanes) is 4. The van der Waals surface area contributed by atoms with Crippen LogP contribution >= 0.6 is 11.3 Å². The summed E-state index contributed by atoms with van der Waals surface area (Å²) in [6.45, 7) is 9.17. The van der Waals surface area contributed by atoms with Crippen LogP contribution in [0.25, 0.3) is 28.1 Å². The molecule has 2 aromatic heterocycles. The number of benzene rings is 3. The van der Waals surface area contributed by atoms with E-state index in [9.17, 15) is 19.5 Å². The van der Waals surface area contributed by atoms with Crippen molar-refractivity contribution in [3.8, 4) is 28.3 Å². The Hall–Kier alpha value is -5.61. The molecule has 0 saturated carbocycles. The molecule has 9 nitrogen and oxygen atoms in total. The Balaban J connectivity index is 1.13. The number of fused-ring (bicyclic) bond motifs is 1. The first kappa shape index (κ1) is 41.0. The van der Waals surface area contributed by atoms with Gasteiger partial charge in [0.1, 0.15) is 17.8 Å². The number of rotatable bonds is 18. The van der Waals surface area contributed by atoms with E-state index in [2.05, 4.69) is 48.3 Å². The lowest BCUT2D eigenvalue weighted by Gasteiger charge is -2.22. The molecule has 5 aromatic rings. The summed E-state index contributed by atoms with van der Waals surface area (Å²) in [6.07, 6.45) is 12.6.